The number of aliphatic carboxylic acids is 1. The summed E-state index contributed by atoms with van der Waals surface area (Å²) >= 11 is 0. The van der Waals surface area contributed by atoms with E-state index in [4.69, 9.17) is 10.3 Å². The summed E-state index contributed by atoms with van der Waals surface area (Å²) in [5.41, 5.74) is 0. The maximum atomic E-state index is 9.29. The lowest BCUT2D eigenvalue weighted by molar-refractivity contribution is -0.128. The summed E-state index contributed by atoms with van der Waals surface area (Å²) in [6.45, 7) is 0. The standard InChI is InChI=1S/C2H3NO3/c4-2(5)1-3-6/h1,6H,(H,4,5)/b3-1-. The van der Waals surface area contributed by atoms with Gasteiger partial charge in [-0.3, -0.25) is 0 Å². The van der Waals surface area contributed by atoms with Crippen LogP contribution >= 0.6 is 0 Å². The smallest absolute Gasteiger partial charge is 0.350 e. The number of carbonyl (C=O) groups is 1. The van der Waals surface area contributed by atoms with Crippen LogP contribution in [0.1, 0.15) is 0 Å². The molecule has 0 aliphatic carbocycles. The SMILES string of the molecule is O=C(O)/C=N\O. The van der Waals surface area contributed by atoms with Crippen molar-refractivity contribution in [2.75, 3.05) is 0 Å². The second kappa shape index (κ2) is 2.19. The first kappa shape index (κ1) is 4.94. The number of hydrogen-bond donors (Lipinski definition) is 2. The molecule has 34 valence electrons. The molecular weight excluding hydrogens is 86.0 g/mol. The molecule has 2 N–H and O–H groups in total. The van der Waals surface area contributed by atoms with E-state index in [1.165, 1.54) is 0 Å². The predicted molar refractivity (Wildman–Crippen MR) is 17.9 cm³/mol. The highest BCUT2D eigenvalue weighted by Gasteiger charge is 1.80. The third-order valence-electron chi connectivity index (χ3n) is 0.168. The van der Waals surface area contributed by atoms with E-state index in [0.717, 1.165) is 0 Å². The van der Waals surface area contributed by atoms with Gasteiger partial charge in [-0.2, -0.15) is 0 Å². The Balaban J connectivity index is 3.30. The molecule has 0 unspecified atom stereocenters. The molecule has 0 atom stereocenters. The Labute approximate surface area is 33.7 Å². The minimum absolute atomic E-state index is 0.389. The van der Waals surface area contributed by atoms with Crippen molar-refractivity contribution in [2.24, 2.45) is 5.16 Å². The number of carboxylic acid groups (broad SMARTS) is 1. The van der Waals surface area contributed by atoms with E-state index >= 15 is 0 Å². The Morgan fingerprint density at radius 2 is 2.33 bits per heavy atom. The fourth-order valence-electron chi connectivity index (χ4n) is 0.0494. The van der Waals surface area contributed by atoms with Crippen molar-refractivity contribution < 1.29 is 15.1 Å². The zero-order chi connectivity index (χ0) is 4.99. The molecule has 0 aromatic carbocycles. The predicted octanol–water partition coefficient (Wildman–Crippen LogP) is -0.469. The monoisotopic (exact) mass is 89.0 g/mol. The average Bonchev–Trinajstić information content (AvgIpc) is 1.35. The normalized spacial score (nSPS) is 9.33. The van der Waals surface area contributed by atoms with Gasteiger partial charge >= 0.3 is 5.97 Å². The first-order chi connectivity index (χ1) is 2.77. The van der Waals surface area contributed by atoms with Crippen molar-refractivity contribution in [3.8, 4) is 0 Å². The van der Waals surface area contributed by atoms with Crippen LogP contribution < -0.4 is 0 Å². The van der Waals surface area contributed by atoms with Gasteiger partial charge in [0, 0.05) is 0 Å². The lowest BCUT2D eigenvalue weighted by Gasteiger charge is -1.67. The Morgan fingerprint density at radius 3 is 2.33 bits per heavy atom. The summed E-state index contributed by atoms with van der Waals surface area (Å²) in [5, 5.41) is 17.2. The Morgan fingerprint density at radius 1 is 1.83 bits per heavy atom. The third-order valence-corrected chi connectivity index (χ3v) is 0.168. The van der Waals surface area contributed by atoms with Crippen molar-refractivity contribution in [3.05, 3.63) is 0 Å². The van der Waals surface area contributed by atoms with Gasteiger partial charge in [0.1, 0.15) is 0 Å². The summed E-state index contributed by atoms with van der Waals surface area (Å²) < 4.78 is 0. The quantitative estimate of drug-likeness (QED) is 0.259. The van der Waals surface area contributed by atoms with Crippen LogP contribution in [0.25, 0.3) is 0 Å². The topological polar surface area (TPSA) is 69.9 Å². The van der Waals surface area contributed by atoms with Crippen LogP contribution in [0.5, 0.6) is 0 Å². The van der Waals surface area contributed by atoms with Gasteiger partial charge in [0.25, 0.3) is 0 Å². The van der Waals surface area contributed by atoms with Crippen molar-refractivity contribution in [3.63, 3.8) is 0 Å². The van der Waals surface area contributed by atoms with Crippen LogP contribution in [0.3, 0.4) is 0 Å². The molecule has 0 aromatic heterocycles. The number of hydrogen-bond acceptors (Lipinski definition) is 3. The molecule has 0 aromatic rings. The third kappa shape index (κ3) is 2.94. The van der Waals surface area contributed by atoms with Gasteiger partial charge in [0.05, 0.1) is 0 Å². The van der Waals surface area contributed by atoms with Crippen LogP contribution in [0, 0.1) is 0 Å². The fraction of sp³-hybridized carbons (Fsp3) is 0. The van der Waals surface area contributed by atoms with E-state index in [1.807, 2.05) is 0 Å². The molecule has 0 fully saturated rings. The summed E-state index contributed by atoms with van der Waals surface area (Å²) in [6.07, 6.45) is 0.389. The lowest BCUT2D eigenvalue weighted by Crippen LogP contribution is -1.93. The van der Waals surface area contributed by atoms with Crippen LogP contribution in [0.2, 0.25) is 0 Å². The van der Waals surface area contributed by atoms with E-state index in [0.29, 0.717) is 6.21 Å². The fourth-order valence-corrected chi connectivity index (χ4v) is 0.0494. The number of oxime groups is 1. The van der Waals surface area contributed by atoms with Crippen LogP contribution in [-0.2, 0) is 4.79 Å². The minimum atomic E-state index is -1.25. The zero-order valence-corrected chi connectivity index (χ0v) is 2.83. The molecule has 0 aliphatic rings. The molecule has 0 saturated carbocycles. The van der Waals surface area contributed by atoms with Crippen molar-refractivity contribution in [1.29, 1.82) is 0 Å². The summed E-state index contributed by atoms with van der Waals surface area (Å²) in [7, 11) is 0. The Hall–Kier alpha value is -1.06. The van der Waals surface area contributed by atoms with Crippen molar-refractivity contribution >= 4 is 12.2 Å². The highest BCUT2D eigenvalue weighted by atomic mass is 16.4. The second-order valence-corrected chi connectivity index (χ2v) is 0.583. The van der Waals surface area contributed by atoms with Gasteiger partial charge in [-0.15, -0.1) is 0 Å². The molecule has 6 heavy (non-hydrogen) atoms. The van der Waals surface area contributed by atoms with Gasteiger partial charge in [-0.05, 0) is 0 Å². The first-order valence-corrected chi connectivity index (χ1v) is 1.17. The van der Waals surface area contributed by atoms with E-state index in [2.05, 4.69) is 5.16 Å². The minimum Gasteiger partial charge on any atom is -0.477 e. The van der Waals surface area contributed by atoms with E-state index in [1.54, 1.807) is 0 Å². The summed E-state index contributed by atoms with van der Waals surface area (Å²) in [5.74, 6) is -1.25. The highest BCUT2D eigenvalue weighted by Crippen LogP contribution is 1.50. The molecule has 4 nitrogen and oxygen atoms in total. The first-order valence-electron chi connectivity index (χ1n) is 1.17. The molecule has 4 heteroatoms. The number of nitrogens with zero attached hydrogens (tertiary/aromatic N) is 1. The van der Waals surface area contributed by atoms with Gasteiger partial charge in [0.2, 0.25) is 0 Å². The van der Waals surface area contributed by atoms with Crippen LogP contribution in [0.15, 0.2) is 5.16 Å². The maximum absolute atomic E-state index is 9.29. The van der Waals surface area contributed by atoms with Crippen molar-refractivity contribution in [1.82, 2.24) is 0 Å². The molecule has 0 saturated heterocycles. The summed E-state index contributed by atoms with van der Waals surface area (Å²) in [4.78, 5) is 9.29. The molecule has 0 spiro atoms. The molecule has 0 heterocycles. The largest absolute Gasteiger partial charge is 0.477 e. The van der Waals surface area contributed by atoms with E-state index < -0.39 is 5.97 Å². The maximum Gasteiger partial charge on any atom is 0.350 e. The van der Waals surface area contributed by atoms with Crippen LogP contribution in [-0.4, -0.2) is 22.5 Å². The average molecular weight is 89.0 g/mol. The Bertz CT molecular complexity index is 76.9. The molecule has 0 radical (unpaired) electrons. The van der Waals surface area contributed by atoms with Gasteiger partial charge in [-0.1, -0.05) is 5.16 Å². The van der Waals surface area contributed by atoms with Gasteiger partial charge < -0.3 is 10.3 Å². The van der Waals surface area contributed by atoms with Gasteiger partial charge in [-0.25, -0.2) is 4.79 Å². The highest BCUT2D eigenvalue weighted by molar-refractivity contribution is 6.21. The number of carboxylic acids is 1. The number of rotatable bonds is 1. The van der Waals surface area contributed by atoms with Gasteiger partial charge in [0.15, 0.2) is 6.21 Å². The Kier molecular flexibility index (Phi) is 1.81. The summed E-state index contributed by atoms with van der Waals surface area (Å²) in [6, 6.07) is 0. The molecule has 0 aliphatic heterocycles. The molecule has 0 amide bonds. The van der Waals surface area contributed by atoms with E-state index in [9.17, 15) is 4.79 Å². The molecule has 0 rings (SSSR count). The van der Waals surface area contributed by atoms with E-state index in [-0.39, 0.29) is 0 Å². The second-order valence-electron chi connectivity index (χ2n) is 0.583. The molecule has 0 bridgehead atoms. The van der Waals surface area contributed by atoms with Crippen LogP contribution in [0.4, 0.5) is 0 Å². The molecular formula is C2H3NO3. The zero-order valence-electron chi connectivity index (χ0n) is 2.83. The lowest BCUT2D eigenvalue weighted by atomic mass is 10.8. The van der Waals surface area contributed by atoms with Crippen molar-refractivity contribution in [2.45, 2.75) is 0 Å².